The van der Waals surface area contributed by atoms with Gasteiger partial charge < -0.3 is 16.2 Å². The van der Waals surface area contributed by atoms with Gasteiger partial charge in [0.2, 0.25) is 11.9 Å². The molecule has 0 aliphatic heterocycles. The molecule has 13 heteroatoms. The summed E-state index contributed by atoms with van der Waals surface area (Å²) >= 11 is 1.32. The number of hydrogen-bond donors (Lipinski definition) is 4. The average Bonchev–Trinajstić information content (AvgIpc) is 3.56. The number of carbonyl (C=O) groups excluding carboxylic acids is 1. The molecule has 38 heavy (non-hydrogen) atoms. The van der Waals surface area contributed by atoms with E-state index in [9.17, 15) is 23.1 Å². The second-order valence-electron chi connectivity index (χ2n) is 9.46. The molecule has 1 amide bonds. The lowest BCUT2D eigenvalue weighted by molar-refractivity contribution is -0.141. The van der Waals surface area contributed by atoms with Crippen LogP contribution in [0.3, 0.4) is 0 Å². The molecule has 5 N–H and O–H groups in total. The van der Waals surface area contributed by atoms with Crippen molar-refractivity contribution in [2.45, 2.75) is 38.0 Å². The van der Waals surface area contributed by atoms with Gasteiger partial charge in [-0.1, -0.05) is 6.92 Å². The predicted molar refractivity (Wildman–Crippen MR) is 135 cm³/mol. The first-order chi connectivity index (χ1) is 18.0. The van der Waals surface area contributed by atoms with Crippen LogP contribution in [0.4, 0.5) is 24.8 Å². The molecular weight excluding hydrogens is 519 g/mol. The number of nitrogens with two attached hydrogens (primary N) is 1. The summed E-state index contributed by atoms with van der Waals surface area (Å²) in [5.41, 5.74) is 5.97. The molecule has 1 unspecified atom stereocenters. The molecule has 3 atom stereocenters. The van der Waals surface area contributed by atoms with E-state index in [-0.39, 0.29) is 23.7 Å². The maximum Gasteiger partial charge on any atom is 0.433 e. The quantitative estimate of drug-likeness (QED) is 0.272. The van der Waals surface area contributed by atoms with E-state index in [0.717, 1.165) is 33.8 Å². The van der Waals surface area contributed by atoms with Crippen LogP contribution in [0, 0.1) is 11.8 Å². The highest BCUT2D eigenvalue weighted by atomic mass is 32.1. The third kappa shape index (κ3) is 5.24. The third-order valence-electron chi connectivity index (χ3n) is 6.74. The van der Waals surface area contributed by atoms with Gasteiger partial charge in [-0.3, -0.25) is 9.89 Å². The van der Waals surface area contributed by atoms with Crippen LogP contribution in [-0.2, 0) is 16.6 Å². The summed E-state index contributed by atoms with van der Waals surface area (Å²) in [5, 5.41) is 21.5. The van der Waals surface area contributed by atoms with Crippen LogP contribution >= 0.6 is 11.3 Å². The van der Waals surface area contributed by atoms with Crippen molar-refractivity contribution in [2.24, 2.45) is 17.6 Å². The summed E-state index contributed by atoms with van der Waals surface area (Å²) in [5.74, 6) is -0.936. The van der Waals surface area contributed by atoms with Gasteiger partial charge >= 0.3 is 6.18 Å². The fraction of sp³-hybridized carbons (Fsp3) is 0.320. The number of carbonyl (C=O) groups is 1. The Morgan fingerprint density at radius 1 is 1.21 bits per heavy atom. The van der Waals surface area contributed by atoms with Crippen molar-refractivity contribution in [2.75, 3.05) is 5.32 Å². The number of benzene rings is 1. The van der Waals surface area contributed by atoms with E-state index in [1.807, 2.05) is 13.0 Å². The Morgan fingerprint density at radius 3 is 2.68 bits per heavy atom. The number of aromatic amines is 1. The average molecular weight is 544 g/mol. The zero-order valence-electron chi connectivity index (χ0n) is 20.2. The molecular formula is C25H24F3N7O2S. The highest BCUT2D eigenvalue weighted by molar-refractivity contribution is 7.15. The smallest absolute Gasteiger partial charge is 0.383 e. The number of primary amides is 1. The zero-order valence-corrected chi connectivity index (χ0v) is 21.0. The number of halogens is 3. The molecule has 0 spiro atoms. The Hall–Kier alpha value is -3.84. The van der Waals surface area contributed by atoms with Crippen molar-refractivity contribution in [1.82, 2.24) is 25.1 Å². The Morgan fingerprint density at radius 2 is 2.00 bits per heavy atom. The van der Waals surface area contributed by atoms with Gasteiger partial charge in [0.1, 0.15) is 16.3 Å². The van der Waals surface area contributed by atoms with Gasteiger partial charge in [0.25, 0.3) is 0 Å². The van der Waals surface area contributed by atoms with E-state index >= 15 is 0 Å². The fourth-order valence-electron chi connectivity index (χ4n) is 4.82. The monoisotopic (exact) mass is 543 g/mol. The molecule has 198 valence electrons. The number of nitrogens with zero attached hydrogens (tertiary/aromatic N) is 4. The lowest BCUT2D eigenvalue weighted by atomic mass is 9.72. The number of alkyl halides is 3. The summed E-state index contributed by atoms with van der Waals surface area (Å²) in [6.07, 6.45) is 2.63. The lowest BCUT2D eigenvalue weighted by Gasteiger charge is -2.37. The second-order valence-corrected chi connectivity index (χ2v) is 10.5. The van der Waals surface area contributed by atoms with Crippen molar-refractivity contribution in [1.29, 1.82) is 0 Å². The minimum Gasteiger partial charge on any atom is -0.383 e. The van der Waals surface area contributed by atoms with Crippen molar-refractivity contribution in [3.05, 3.63) is 59.8 Å². The molecule has 4 aromatic rings. The third-order valence-corrected chi connectivity index (χ3v) is 7.98. The Labute approximate surface area is 219 Å². The van der Waals surface area contributed by atoms with Crippen LogP contribution in [0.15, 0.2) is 49.1 Å². The van der Waals surface area contributed by atoms with Gasteiger partial charge in [-0.2, -0.15) is 18.3 Å². The van der Waals surface area contributed by atoms with Crippen molar-refractivity contribution in [3.8, 4) is 21.6 Å². The molecule has 5 rings (SSSR count). The molecule has 3 aromatic heterocycles. The summed E-state index contributed by atoms with van der Waals surface area (Å²) in [7, 11) is 0. The van der Waals surface area contributed by atoms with Crippen LogP contribution in [0.1, 0.15) is 36.9 Å². The van der Waals surface area contributed by atoms with Crippen molar-refractivity contribution in [3.63, 3.8) is 0 Å². The molecule has 1 aromatic carbocycles. The number of anilines is 2. The van der Waals surface area contributed by atoms with Gasteiger partial charge in [-0.05, 0) is 60.6 Å². The van der Waals surface area contributed by atoms with E-state index in [0.29, 0.717) is 30.0 Å². The normalized spacial score (nSPS) is 21.8. The standard InChI is InChI=1S/C25H24F3N7O2S/c1-13-9-24(37,4-2-18(13)21(29)36)22-31-12-19(38-22)15-6-14(16-10-32-33-11-16)7-17(8-15)34-23-30-5-3-20(35-23)25(26,27)28/h3,5-8,10-13,18,37H,2,4,9H2,1H3,(H2,29,36)(H,32,33)(H,30,34,35)/t13-,18?,24-/m1/s1. The fourth-order valence-corrected chi connectivity index (χ4v) is 5.85. The number of amides is 1. The van der Waals surface area contributed by atoms with Crippen molar-refractivity contribution >= 4 is 28.9 Å². The van der Waals surface area contributed by atoms with Crippen LogP contribution in [0.5, 0.6) is 0 Å². The van der Waals surface area contributed by atoms with Crippen LogP contribution < -0.4 is 11.1 Å². The van der Waals surface area contributed by atoms with Gasteiger partial charge in [-0.25, -0.2) is 15.0 Å². The minimum absolute atomic E-state index is 0.0914. The number of H-pyrrole nitrogens is 1. The number of aromatic nitrogens is 5. The van der Waals surface area contributed by atoms with Gasteiger partial charge in [0.15, 0.2) is 0 Å². The van der Waals surface area contributed by atoms with E-state index < -0.39 is 17.5 Å². The number of rotatable bonds is 6. The van der Waals surface area contributed by atoms with Crippen LogP contribution in [0.2, 0.25) is 0 Å². The van der Waals surface area contributed by atoms with E-state index in [1.54, 1.807) is 30.7 Å². The zero-order chi connectivity index (χ0) is 27.1. The molecule has 3 heterocycles. The van der Waals surface area contributed by atoms with Crippen molar-refractivity contribution < 1.29 is 23.1 Å². The number of hydrogen-bond acceptors (Lipinski definition) is 8. The van der Waals surface area contributed by atoms with E-state index in [4.69, 9.17) is 5.73 Å². The van der Waals surface area contributed by atoms with E-state index in [1.165, 1.54) is 11.3 Å². The molecule has 0 radical (unpaired) electrons. The lowest BCUT2D eigenvalue weighted by Crippen LogP contribution is -2.40. The predicted octanol–water partition coefficient (Wildman–Crippen LogP) is 4.86. The molecule has 1 aliphatic rings. The van der Waals surface area contributed by atoms with Gasteiger partial charge in [-0.15, -0.1) is 11.3 Å². The second kappa shape index (κ2) is 9.80. The number of thiazole rings is 1. The van der Waals surface area contributed by atoms with Crippen LogP contribution in [-0.4, -0.2) is 36.2 Å². The Bertz CT molecular complexity index is 1460. The highest BCUT2D eigenvalue weighted by Gasteiger charge is 2.42. The summed E-state index contributed by atoms with van der Waals surface area (Å²) in [4.78, 5) is 24.5. The summed E-state index contributed by atoms with van der Waals surface area (Å²) in [6.45, 7) is 1.90. The Kier molecular flexibility index (Phi) is 6.65. The molecule has 9 nitrogen and oxygen atoms in total. The summed E-state index contributed by atoms with van der Waals surface area (Å²) < 4.78 is 39.4. The molecule has 1 aliphatic carbocycles. The topological polar surface area (TPSA) is 143 Å². The molecule has 1 saturated carbocycles. The molecule has 1 fully saturated rings. The number of aliphatic hydroxyl groups is 1. The van der Waals surface area contributed by atoms with E-state index in [2.05, 4.69) is 30.5 Å². The van der Waals surface area contributed by atoms with Crippen LogP contribution in [0.25, 0.3) is 21.6 Å². The minimum atomic E-state index is -4.60. The maximum absolute atomic E-state index is 13.1. The first-order valence-electron chi connectivity index (χ1n) is 11.8. The Balaban J connectivity index is 1.48. The first kappa shape index (κ1) is 25.8. The summed E-state index contributed by atoms with van der Waals surface area (Å²) in [6, 6.07) is 6.21. The van der Waals surface area contributed by atoms with Gasteiger partial charge in [0.05, 0.1) is 11.1 Å². The molecule has 0 bridgehead atoms. The first-order valence-corrected chi connectivity index (χ1v) is 12.6. The van der Waals surface area contributed by atoms with Gasteiger partial charge in [0, 0.05) is 35.8 Å². The largest absolute Gasteiger partial charge is 0.433 e. The highest BCUT2D eigenvalue weighted by Crippen LogP contribution is 2.45. The maximum atomic E-state index is 13.1. The molecule has 0 saturated heterocycles. The SMILES string of the molecule is C[C@@H]1C[C@@](O)(c2ncc(-c3cc(Nc4nccc(C(F)(F)F)n4)cc(-c4cn[nH]c4)c3)s2)CCC1C(N)=O. The number of nitrogens with one attached hydrogen (secondary N) is 2.